The van der Waals surface area contributed by atoms with Gasteiger partial charge in [0.15, 0.2) is 0 Å². The lowest BCUT2D eigenvalue weighted by Crippen LogP contribution is -1.99. The van der Waals surface area contributed by atoms with Crippen LogP contribution < -0.4 is 0 Å². The van der Waals surface area contributed by atoms with E-state index in [0.717, 1.165) is 5.69 Å². The van der Waals surface area contributed by atoms with Crippen molar-refractivity contribution in [2.45, 2.75) is 6.42 Å². The number of hydrogen-bond donors (Lipinski definition) is 2. The van der Waals surface area contributed by atoms with Crippen LogP contribution in [0.3, 0.4) is 0 Å². The van der Waals surface area contributed by atoms with Gasteiger partial charge in [0.2, 0.25) is 0 Å². The second-order valence-corrected chi connectivity index (χ2v) is 3.65. The van der Waals surface area contributed by atoms with Crippen molar-refractivity contribution >= 4 is 5.97 Å². The molecule has 0 radical (unpaired) electrons. The van der Waals surface area contributed by atoms with E-state index in [1.165, 1.54) is 18.2 Å². The molecule has 0 aliphatic rings. The molecule has 2 aromatic rings. The molecule has 86 valence electrons. The lowest BCUT2D eigenvalue weighted by Gasteiger charge is -2.05. The van der Waals surface area contributed by atoms with Gasteiger partial charge in [0.1, 0.15) is 5.75 Å². The molecule has 2 N–H and O–H groups in total. The topological polar surface area (TPSA) is 70.4 Å². The maximum atomic E-state index is 10.8. The third-order valence-corrected chi connectivity index (χ3v) is 2.42. The zero-order chi connectivity index (χ0) is 12.3. The molecule has 0 aliphatic carbocycles. The van der Waals surface area contributed by atoms with E-state index in [1.54, 1.807) is 12.3 Å². The molecule has 1 aromatic heterocycles. The first kappa shape index (κ1) is 11.1. The Hall–Kier alpha value is -2.36. The van der Waals surface area contributed by atoms with Crippen molar-refractivity contribution < 1.29 is 15.0 Å². The Morgan fingerprint density at radius 2 is 2.06 bits per heavy atom. The van der Waals surface area contributed by atoms with Crippen LogP contribution in [0.15, 0.2) is 42.6 Å². The van der Waals surface area contributed by atoms with Gasteiger partial charge in [-0.25, -0.2) is 4.79 Å². The van der Waals surface area contributed by atoms with E-state index in [9.17, 15) is 9.90 Å². The predicted molar refractivity (Wildman–Crippen MR) is 62.1 cm³/mol. The number of aromatic hydroxyl groups is 1. The molecule has 4 nitrogen and oxygen atoms in total. The van der Waals surface area contributed by atoms with Crippen LogP contribution in [0, 0.1) is 0 Å². The minimum atomic E-state index is -1.01. The normalized spacial score (nSPS) is 10.1. The van der Waals surface area contributed by atoms with Gasteiger partial charge in [-0.2, -0.15) is 0 Å². The minimum Gasteiger partial charge on any atom is -0.508 e. The van der Waals surface area contributed by atoms with Gasteiger partial charge in [0, 0.05) is 23.9 Å². The van der Waals surface area contributed by atoms with E-state index in [1.807, 2.05) is 12.1 Å². The number of benzene rings is 1. The molecule has 1 aromatic carbocycles. The summed E-state index contributed by atoms with van der Waals surface area (Å²) in [5.41, 5.74) is 1.50. The summed E-state index contributed by atoms with van der Waals surface area (Å²) in [7, 11) is 0. The summed E-state index contributed by atoms with van der Waals surface area (Å²) in [6.45, 7) is 0. The third-order valence-electron chi connectivity index (χ3n) is 2.42. The van der Waals surface area contributed by atoms with E-state index in [0.29, 0.717) is 12.0 Å². The van der Waals surface area contributed by atoms with Crippen LogP contribution in [-0.4, -0.2) is 21.2 Å². The molecule has 0 bridgehead atoms. The number of aromatic nitrogens is 1. The fraction of sp³-hybridized carbons (Fsp3) is 0.0769. The summed E-state index contributed by atoms with van der Waals surface area (Å²) in [5, 5.41) is 18.5. The van der Waals surface area contributed by atoms with E-state index >= 15 is 0 Å². The number of carboxylic acid groups (broad SMARTS) is 1. The SMILES string of the molecule is O=C(O)c1ccc(O)c(Cc2ccccn2)c1. The number of phenolic OH excluding ortho intramolecular Hbond substituents is 1. The highest BCUT2D eigenvalue weighted by Crippen LogP contribution is 2.21. The number of hydrogen-bond acceptors (Lipinski definition) is 3. The average molecular weight is 229 g/mol. The van der Waals surface area contributed by atoms with E-state index in [-0.39, 0.29) is 11.3 Å². The van der Waals surface area contributed by atoms with Gasteiger partial charge in [0.05, 0.1) is 5.56 Å². The number of pyridine rings is 1. The van der Waals surface area contributed by atoms with Crippen LogP contribution in [0.5, 0.6) is 5.75 Å². The summed E-state index contributed by atoms with van der Waals surface area (Å²) in [6, 6.07) is 9.71. The van der Waals surface area contributed by atoms with Crippen molar-refractivity contribution in [3.05, 3.63) is 59.4 Å². The molecule has 1 heterocycles. The van der Waals surface area contributed by atoms with Crippen LogP contribution in [0.25, 0.3) is 0 Å². The molecule has 0 aliphatic heterocycles. The zero-order valence-corrected chi connectivity index (χ0v) is 9.00. The van der Waals surface area contributed by atoms with Crippen LogP contribution in [0.4, 0.5) is 0 Å². The van der Waals surface area contributed by atoms with Gasteiger partial charge in [-0.1, -0.05) is 6.07 Å². The smallest absolute Gasteiger partial charge is 0.335 e. The molecule has 17 heavy (non-hydrogen) atoms. The Labute approximate surface area is 98.2 Å². The van der Waals surface area contributed by atoms with Crippen molar-refractivity contribution in [3.8, 4) is 5.75 Å². The molecule has 0 spiro atoms. The second-order valence-electron chi connectivity index (χ2n) is 3.65. The zero-order valence-electron chi connectivity index (χ0n) is 9.00. The average Bonchev–Trinajstić information content (AvgIpc) is 2.33. The van der Waals surface area contributed by atoms with E-state index in [2.05, 4.69) is 4.98 Å². The Balaban J connectivity index is 2.32. The van der Waals surface area contributed by atoms with E-state index < -0.39 is 5.97 Å². The fourth-order valence-corrected chi connectivity index (χ4v) is 1.56. The number of carbonyl (C=O) groups is 1. The molecule has 0 atom stereocenters. The maximum Gasteiger partial charge on any atom is 0.335 e. The van der Waals surface area contributed by atoms with E-state index in [4.69, 9.17) is 5.11 Å². The minimum absolute atomic E-state index is 0.0839. The molecule has 2 rings (SSSR count). The Morgan fingerprint density at radius 3 is 2.71 bits per heavy atom. The number of nitrogens with zero attached hydrogens (tertiary/aromatic N) is 1. The van der Waals surface area contributed by atoms with Crippen LogP contribution in [0.2, 0.25) is 0 Å². The highest BCUT2D eigenvalue weighted by atomic mass is 16.4. The summed E-state index contributed by atoms with van der Waals surface area (Å²) >= 11 is 0. The van der Waals surface area contributed by atoms with Crippen molar-refractivity contribution in [1.29, 1.82) is 0 Å². The third kappa shape index (κ3) is 2.60. The molecule has 0 unspecified atom stereocenters. The van der Waals surface area contributed by atoms with Crippen molar-refractivity contribution in [3.63, 3.8) is 0 Å². The lowest BCUT2D eigenvalue weighted by atomic mass is 10.0. The lowest BCUT2D eigenvalue weighted by molar-refractivity contribution is 0.0697. The van der Waals surface area contributed by atoms with Crippen LogP contribution in [0.1, 0.15) is 21.6 Å². The molecule has 0 amide bonds. The van der Waals surface area contributed by atoms with Gasteiger partial charge < -0.3 is 10.2 Å². The first-order chi connectivity index (χ1) is 8.16. The van der Waals surface area contributed by atoms with Crippen molar-refractivity contribution in [1.82, 2.24) is 4.98 Å². The molecule has 0 fully saturated rings. The fourth-order valence-electron chi connectivity index (χ4n) is 1.56. The number of phenols is 1. The highest BCUT2D eigenvalue weighted by molar-refractivity contribution is 5.88. The Kier molecular flexibility index (Phi) is 3.05. The summed E-state index contributed by atoms with van der Waals surface area (Å²) in [4.78, 5) is 15.0. The first-order valence-corrected chi connectivity index (χ1v) is 5.12. The van der Waals surface area contributed by atoms with Gasteiger partial charge in [0.25, 0.3) is 0 Å². The molecule has 0 saturated heterocycles. The number of carboxylic acids is 1. The van der Waals surface area contributed by atoms with Gasteiger partial charge in [-0.3, -0.25) is 4.98 Å². The van der Waals surface area contributed by atoms with Gasteiger partial charge >= 0.3 is 5.97 Å². The van der Waals surface area contributed by atoms with Crippen LogP contribution in [-0.2, 0) is 6.42 Å². The summed E-state index contributed by atoms with van der Waals surface area (Å²) in [5.74, 6) is -0.923. The predicted octanol–water partition coefficient (Wildman–Crippen LogP) is 2.08. The summed E-state index contributed by atoms with van der Waals surface area (Å²) in [6.07, 6.45) is 2.07. The number of aromatic carboxylic acids is 1. The van der Waals surface area contributed by atoms with Gasteiger partial charge in [-0.05, 0) is 30.3 Å². The van der Waals surface area contributed by atoms with Crippen molar-refractivity contribution in [2.24, 2.45) is 0 Å². The largest absolute Gasteiger partial charge is 0.508 e. The van der Waals surface area contributed by atoms with Crippen LogP contribution >= 0.6 is 0 Å². The molecule has 4 heteroatoms. The van der Waals surface area contributed by atoms with Gasteiger partial charge in [-0.15, -0.1) is 0 Å². The Bertz CT molecular complexity index is 538. The van der Waals surface area contributed by atoms with Crippen molar-refractivity contribution in [2.75, 3.05) is 0 Å². The molecule has 0 saturated carbocycles. The summed E-state index contributed by atoms with van der Waals surface area (Å²) < 4.78 is 0. The number of rotatable bonds is 3. The molecular formula is C13H11NO3. The maximum absolute atomic E-state index is 10.8. The second kappa shape index (κ2) is 4.65. The quantitative estimate of drug-likeness (QED) is 0.845. The standard InChI is InChI=1S/C13H11NO3/c15-12-5-4-9(13(16)17)7-10(12)8-11-3-1-2-6-14-11/h1-7,15H,8H2,(H,16,17). The monoisotopic (exact) mass is 229 g/mol. The molecular weight excluding hydrogens is 218 g/mol. The Morgan fingerprint density at radius 1 is 1.24 bits per heavy atom. The highest BCUT2D eigenvalue weighted by Gasteiger charge is 2.08. The first-order valence-electron chi connectivity index (χ1n) is 5.12.